The van der Waals surface area contributed by atoms with Crippen LogP contribution in [0.3, 0.4) is 0 Å². The van der Waals surface area contributed by atoms with E-state index in [0.29, 0.717) is 18.9 Å². The molecular weight excluding hydrogens is 466 g/mol. The predicted octanol–water partition coefficient (Wildman–Crippen LogP) is 5.43. The van der Waals surface area contributed by atoms with Crippen LogP contribution in [0.2, 0.25) is 5.02 Å². The predicted molar refractivity (Wildman–Crippen MR) is 101 cm³/mol. The van der Waals surface area contributed by atoms with Crippen molar-refractivity contribution >= 4 is 17.5 Å². The SMILES string of the molecule is O=C(NC(c1cccc(OC(F)(F)F)c1)C1(O)CCCC1)c1nccc(C(F)(F)F)c1Cl. The fraction of sp³-hybridized carbons (Fsp3) is 0.400. The average molecular weight is 483 g/mol. The van der Waals surface area contributed by atoms with E-state index < -0.39 is 52.1 Å². The van der Waals surface area contributed by atoms with Crippen molar-refractivity contribution in [1.29, 1.82) is 0 Å². The summed E-state index contributed by atoms with van der Waals surface area (Å²) in [5, 5.41) is 12.5. The first-order chi connectivity index (χ1) is 14.8. The number of rotatable bonds is 5. The third-order valence-corrected chi connectivity index (χ3v) is 5.50. The largest absolute Gasteiger partial charge is 0.573 e. The van der Waals surface area contributed by atoms with E-state index in [0.717, 1.165) is 18.3 Å². The zero-order valence-electron chi connectivity index (χ0n) is 16.2. The van der Waals surface area contributed by atoms with Crippen molar-refractivity contribution in [2.45, 2.75) is 49.9 Å². The van der Waals surface area contributed by atoms with E-state index >= 15 is 0 Å². The number of aromatic nitrogens is 1. The van der Waals surface area contributed by atoms with Crippen molar-refractivity contribution in [1.82, 2.24) is 10.3 Å². The van der Waals surface area contributed by atoms with Crippen LogP contribution in [-0.4, -0.2) is 28.0 Å². The summed E-state index contributed by atoms with van der Waals surface area (Å²) in [7, 11) is 0. The number of nitrogens with one attached hydrogen (secondary N) is 1. The van der Waals surface area contributed by atoms with Gasteiger partial charge in [0.1, 0.15) is 11.4 Å². The van der Waals surface area contributed by atoms with E-state index in [1.807, 2.05) is 0 Å². The fourth-order valence-electron chi connectivity index (χ4n) is 3.72. The van der Waals surface area contributed by atoms with Crippen LogP contribution >= 0.6 is 11.6 Å². The van der Waals surface area contributed by atoms with Gasteiger partial charge in [0.2, 0.25) is 0 Å². The molecule has 1 unspecified atom stereocenters. The topological polar surface area (TPSA) is 71.5 Å². The van der Waals surface area contributed by atoms with Crippen LogP contribution in [0.15, 0.2) is 36.5 Å². The van der Waals surface area contributed by atoms with E-state index in [9.17, 15) is 36.2 Å². The molecule has 1 saturated carbocycles. The lowest BCUT2D eigenvalue weighted by Gasteiger charge is -2.34. The molecule has 1 aromatic carbocycles. The monoisotopic (exact) mass is 482 g/mol. The van der Waals surface area contributed by atoms with Crippen LogP contribution in [0.5, 0.6) is 5.75 Å². The van der Waals surface area contributed by atoms with Gasteiger partial charge in [-0.1, -0.05) is 36.6 Å². The van der Waals surface area contributed by atoms with Gasteiger partial charge >= 0.3 is 12.5 Å². The number of carbonyl (C=O) groups is 1. The molecule has 1 aliphatic rings. The van der Waals surface area contributed by atoms with E-state index in [1.165, 1.54) is 12.1 Å². The van der Waals surface area contributed by atoms with Gasteiger partial charge in [-0.2, -0.15) is 13.2 Å². The van der Waals surface area contributed by atoms with Crippen LogP contribution in [0, 0.1) is 0 Å². The molecule has 2 N–H and O–H groups in total. The average Bonchev–Trinajstić information content (AvgIpc) is 3.11. The quantitative estimate of drug-likeness (QED) is 0.558. The lowest BCUT2D eigenvalue weighted by molar-refractivity contribution is -0.274. The third kappa shape index (κ3) is 5.44. The number of carbonyl (C=O) groups excluding carboxylic acids is 1. The summed E-state index contributed by atoms with van der Waals surface area (Å²) in [6.07, 6.45) is -7.42. The van der Waals surface area contributed by atoms with Crippen LogP contribution in [0.1, 0.15) is 53.3 Å². The Hall–Kier alpha value is -2.53. The molecular formula is C20H17ClF6N2O3. The van der Waals surface area contributed by atoms with Crippen LogP contribution in [0.4, 0.5) is 26.3 Å². The summed E-state index contributed by atoms with van der Waals surface area (Å²) in [5.41, 5.74) is -3.46. The normalized spacial score (nSPS) is 17.1. The van der Waals surface area contributed by atoms with Crippen molar-refractivity contribution in [3.63, 3.8) is 0 Å². The molecule has 1 aliphatic carbocycles. The molecule has 1 atom stereocenters. The number of pyridine rings is 1. The molecule has 3 rings (SSSR count). The maximum Gasteiger partial charge on any atom is 0.573 e. The first-order valence-electron chi connectivity index (χ1n) is 9.41. The Morgan fingerprint density at radius 3 is 2.41 bits per heavy atom. The molecule has 0 saturated heterocycles. The zero-order valence-corrected chi connectivity index (χ0v) is 17.0. The maximum atomic E-state index is 13.1. The molecule has 12 heteroatoms. The van der Waals surface area contributed by atoms with Crippen molar-refractivity contribution < 1.29 is 41.0 Å². The molecule has 5 nitrogen and oxygen atoms in total. The highest BCUT2D eigenvalue weighted by Crippen LogP contribution is 2.41. The van der Waals surface area contributed by atoms with E-state index in [-0.39, 0.29) is 18.4 Å². The zero-order chi connectivity index (χ0) is 23.7. The van der Waals surface area contributed by atoms with Gasteiger partial charge in [-0.25, -0.2) is 4.98 Å². The number of nitrogens with zero attached hydrogens (tertiary/aromatic N) is 1. The van der Waals surface area contributed by atoms with Gasteiger partial charge in [-0.3, -0.25) is 4.79 Å². The molecule has 2 aromatic rings. The maximum absolute atomic E-state index is 13.1. The molecule has 32 heavy (non-hydrogen) atoms. The van der Waals surface area contributed by atoms with Crippen LogP contribution in [-0.2, 0) is 6.18 Å². The first-order valence-corrected chi connectivity index (χ1v) is 9.79. The molecule has 0 bridgehead atoms. The summed E-state index contributed by atoms with van der Waals surface area (Å²) in [6, 6.07) is 4.01. The van der Waals surface area contributed by atoms with Gasteiger partial charge in [0.05, 0.1) is 22.2 Å². The van der Waals surface area contributed by atoms with Crippen LogP contribution < -0.4 is 10.1 Å². The fourth-order valence-corrected chi connectivity index (χ4v) is 4.02. The Morgan fingerprint density at radius 1 is 1.16 bits per heavy atom. The summed E-state index contributed by atoms with van der Waals surface area (Å²) >= 11 is 5.76. The second kappa shape index (κ2) is 8.78. The second-order valence-corrected chi connectivity index (χ2v) is 7.73. The lowest BCUT2D eigenvalue weighted by Crippen LogP contribution is -2.44. The van der Waals surface area contributed by atoms with Crippen molar-refractivity contribution in [2.75, 3.05) is 0 Å². The standard InChI is InChI=1S/C20H17ClF6N2O3/c21-14-13(19(22,23)24)6-9-28-15(14)17(30)29-16(18(31)7-1-2-8-18)11-4-3-5-12(10-11)32-20(25,26)27/h3-6,9-10,16,31H,1-2,7-8H2,(H,29,30). The number of ether oxygens (including phenoxy) is 1. The molecule has 0 radical (unpaired) electrons. The molecule has 0 aliphatic heterocycles. The van der Waals surface area contributed by atoms with Crippen molar-refractivity contribution in [3.8, 4) is 5.75 Å². The molecule has 174 valence electrons. The Morgan fingerprint density at radius 2 is 1.81 bits per heavy atom. The molecule has 1 aromatic heterocycles. The highest BCUT2D eigenvalue weighted by molar-refractivity contribution is 6.34. The molecule has 1 amide bonds. The number of halogens is 7. The van der Waals surface area contributed by atoms with Crippen molar-refractivity contribution in [2.24, 2.45) is 0 Å². The minimum Gasteiger partial charge on any atom is -0.406 e. The van der Waals surface area contributed by atoms with Gasteiger partial charge in [-0.05, 0) is 36.6 Å². The van der Waals surface area contributed by atoms with E-state index in [4.69, 9.17) is 11.6 Å². The summed E-state index contributed by atoms with van der Waals surface area (Å²) in [4.78, 5) is 16.4. The second-order valence-electron chi connectivity index (χ2n) is 7.36. The smallest absolute Gasteiger partial charge is 0.406 e. The summed E-state index contributed by atoms with van der Waals surface area (Å²) in [6.45, 7) is 0. The third-order valence-electron chi connectivity index (χ3n) is 5.12. The molecule has 0 spiro atoms. The Balaban J connectivity index is 1.97. The Bertz CT molecular complexity index is 990. The number of benzene rings is 1. The minimum absolute atomic E-state index is 0.0765. The first kappa shape index (κ1) is 24.1. The van der Waals surface area contributed by atoms with E-state index in [2.05, 4.69) is 15.0 Å². The van der Waals surface area contributed by atoms with Gasteiger partial charge in [0.15, 0.2) is 0 Å². The molecule has 1 heterocycles. The Labute approximate surface area is 183 Å². The van der Waals surface area contributed by atoms with Gasteiger partial charge in [0.25, 0.3) is 5.91 Å². The van der Waals surface area contributed by atoms with Gasteiger partial charge in [0, 0.05) is 6.20 Å². The number of alkyl halides is 6. The van der Waals surface area contributed by atoms with Crippen molar-refractivity contribution in [3.05, 3.63) is 58.4 Å². The number of hydrogen-bond acceptors (Lipinski definition) is 4. The highest BCUT2D eigenvalue weighted by atomic mass is 35.5. The minimum atomic E-state index is -4.96. The van der Waals surface area contributed by atoms with Gasteiger partial charge < -0.3 is 15.2 Å². The highest BCUT2D eigenvalue weighted by Gasteiger charge is 2.43. The number of amides is 1. The summed E-state index contributed by atoms with van der Waals surface area (Å²) < 4.78 is 81.1. The molecule has 1 fully saturated rings. The summed E-state index contributed by atoms with van der Waals surface area (Å²) in [5.74, 6) is -1.69. The van der Waals surface area contributed by atoms with Crippen LogP contribution in [0.25, 0.3) is 0 Å². The Kier molecular flexibility index (Phi) is 6.62. The van der Waals surface area contributed by atoms with E-state index in [1.54, 1.807) is 0 Å². The lowest BCUT2D eigenvalue weighted by atomic mass is 9.86. The van der Waals surface area contributed by atoms with Gasteiger partial charge in [-0.15, -0.1) is 13.2 Å². The number of aliphatic hydroxyl groups is 1. The number of hydrogen-bond donors (Lipinski definition) is 2.